The van der Waals surface area contributed by atoms with Crippen molar-refractivity contribution in [1.29, 1.82) is 0 Å². The van der Waals surface area contributed by atoms with E-state index >= 15 is 0 Å². The molecule has 16 heavy (non-hydrogen) atoms. The summed E-state index contributed by atoms with van der Waals surface area (Å²) in [5, 5.41) is 2.89. The van der Waals surface area contributed by atoms with Crippen molar-refractivity contribution in [2.45, 2.75) is 0 Å². The van der Waals surface area contributed by atoms with Gasteiger partial charge in [-0.2, -0.15) is 0 Å². The van der Waals surface area contributed by atoms with Crippen LogP contribution in [0.5, 0.6) is 0 Å². The Morgan fingerprint density at radius 3 is 2.81 bits per heavy atom. The number of nitrogens with zero attached hydrogens (tertiary/aromatic N) is 1. The maximum absolute atomic E-state index is 11.8. The van der Waals surface area contributed by atoms with Crippen molar-refractivity contribution >= 4 is 44.4 Å². The van der Waals surface area contributed by atoms with E-state index in [9.17, 15) is 4.79 Å². The van der Waals surface area contributed by atoms with Gasteiger partial charge < -0.3 is 10.2 Å². The fraction of sp³-hybridized carbons (Fsp3) is 0.364. The van der Waals surface area contributed by atoms with Crippen LogP contribution in [0.3, 0.4) is 0 Å². The highest BCUT2D eigenvalue weighted by molar-refractivity contribution is 14.1. The van der Waals surface area contributed by atoms with Crippen LogP contribution in [-0.2, 0) is 0 Å². The Labute approximate surface area is 118 Å². The SMILES string of the molecule is CN(C)CCNC(=O)c1cccc(Br)c1I. The molecule has 0 atom stereocenters. The van der Waals surface area contributed by atoms with E-state index in [1.54, 1.807) is 0 Å². The third-order valence-corrected chi connectivity index (χ3v) is 4.61. The molecular formula is C11H14BrIN2O. The van der Waals surface area contributed by atoms with Crippen LogP contribution in [0.2, 0.25) is 0 Å². The number of nitrogens with one attached hydrogen (secondary N) is 1. The minimum atomic E-state index is -0.0208. The molecule has 0 heterocycles. The summed E-state index contributed by atoms with van der Waals surface area (Å²) >= 11 is 5.58. The zero-order valence-electron chi connectivity index (χ0n) is 9.26. The molecule has 0 aromatic heterocycles. The fourth-order valence-corrected chi connectivity index (χ4v) is 2.14. The molecule has 0 spiro atoms. The molecule has 1 rings (SSSR count). The van der Waals surface area contributed by atoms with E-state index in [4.69, 9.17) is 0 Å². The van der Waals surface area contributed by atoms with Crippen LogP contribution in [0.4, 0.5) is 0 Å². The van der Waals surface area contributed by atoms with Gasteiger partial charge in [0.15, 0.2) is 0 Å². The molecule has 0 radical (unpaired) electrons. The summed E-state index contributed by atoms with van der Waals surface area (Å²) in [6, 6.07) is 5.63. The zero-order chi connectivity index (χ0) is 12.1. The quantitative estimate of drug-likeness (QED) is 0.792. The van der Waals surface area contributed by atoms with Crippen molar-refractivity contribution in [3.8, 4) is 0 Å². The first kappa shape index (κ1) is 13.9. The summed E-state index contributed by atoms with van der Waals surface area (Å²) in [5.41, 5.74) is 0.716. The van der Waals surface area contributed by atoms with E-state index in [0.29, 0.717) is 12.1 Å². The average molecular weight is 397 g/mol. The molecule has 1 amide bonds. The van der Waals surface area contributed by atoms with E-state index in [1.807, 2.05) is 37.2 Å². The van der Waals surface area contributed by atoms with Crippen molar-refractivity contribution in [2.24, 2.45) is 0 Å². The van der Waals surface area contributed by atoms with Gasteiger partial charge in [0, 0.05) is 21.1 Å². The Kier molecular flexibility index (Phi) is 5.71. The second-order valence-corrected chi connectivity index (χ2v) is 5.59. The summed E-state index contributed by atoms with van der Waals surface area (Å²) in [7, 11) is 3.96. The first-order valence-corrected chi connectivity index (χ1v) is 6.76. The number of hydrogen-bond acceptors (Lipinski definition) is 2. The predicted octanol–water partition coefficient (Wildman–Crippen LogP) is 2.35. The molecule has 0 unspecified atom stereocenters. The van der Waals surface area contributed by atoms with Crippen LogP contribution in [0, 0.1) is 3.57 Å². The lowest BCUT2D eigenvalue weighted by Gasteiger charge is -2.11. The largest absolute Gasteiger partial charge is 0.351 e. The first-order chi connectivity index (χ1) is 7.52. The van der Waals surface area contributed by atoms with Crippen molar-refractivity contribution in [1.82, 2.24) is 10.2 Å². The van der Waals surface area contributed by atoms with Crippen LogP contribution < -0.4 is 5.32 Å². The summed E-state index contributed by atoms with van der Waals surface area (Å²) in [5.74, 6) is -0.0208. The number of carbonyl (C=O) groups is 1. The van der Waals surface area contributed by atoms with E-state index < -0.39 is 0 Å². The molecule has 0 saturated carbocycles. The number of likely N-dealkylation sites (N-methyl/N-ethyl adjacent to an activating group) is 1. The Balaban J connectivity index is 2.63. The molecule has 0 bridgehead atoms. The lowest BCUT2D eigenvalue weighted by molar-refractivity contribution is 0.0950. The van der Waals surface area contributed by atoms with Gasteiger partial charge in [-0.05, 0) is 64.7 Å². The molecular weight excluding hydrogens is 383 g/mol. The van der Waals surface area contributed by atoms with Crippen LogP contribution in [-0.4, -0.2) is 38.0 Å². The number of hydrogen-bond donors (Lipinski definition) is 1. The highest BCUT2D eigenvalue weighted by Gasteiger charge is 2.10. The van der Waals surface area contributed by atoms with Crippen molar-refractivity contribution in [2.75, 3.05) is 27.2 Å². The molecule has 0 saturated heterocycles. The Morgan fingerprint density at radius 1 is 1.50 bits per heavy atom. The normalized spacial score (nSPS) is 10.6. The van der Waals surface area contributed by atoms with Crippen LogP contribution in [0.25, 0.3) is 0 Å². The van der Waals surface area contributed by atoms with Crippen LogP contribution >= 0.6 is 38.5 Å². The number of carbonyl (C=O) groups excluding carboxylic acids is 1. The van der Waals surface area contributed by atoms with Gasteiger partial charge >= 0.3 is 0 Å². The molecule has 0 aliphatic rings. The second-order valence-electron chi connectivity index (χ2n) is 3.66. The molecule has 1 N–H and O–H groups in total. The van der Waals surface area contributed by atoms with Crippen molar-refractivity contribution < 1.29 is 4.79 Å². The highest BCUT2D eigenvalue weighted by atomic mass is 127. The third-order valence-electron chi connectivity index (χ3n) is 2.04. The Morgan fingerprint density at radius 2 is 2.19 bits per heavy atom. The van der Waals surface area contributed by atoms with E-state index in [1.165, 1.54) is 0 Å². The smallest absolute Gasteiger partial charge is 0.252 e. The second kappa shape index (κ2) is 6.56. The Hall–Kier alpha value is -0.140. The van der Waals surface area contributed by atoms with Crippen molar-refractivity contribution in [3.05, 3.63) is 31.8 Å². The standard InChI is InChI=1S/C11H14BrIN2O/c1-15(2)7-6-14-11(16)8-4-3-5-9(12)10(8)13/h3-5H,6-7H2,1-2H3,(H,14,16). The monoisotopic (exact) mass is 396 g/mol. The van der Waals surface area contributed by atoms with Crippen LogP contribution in [0.15, 0.2) is 22.7 Å². The predicted molar refractivity (Wildman–Crippen MR) is 77.7 cm³/mol. The zero-order valence-corrected chi connectivity index (χ0v) is 13.0. The summed E-state index contributed by atoms with van der Waals surface area (Å²) in [6.45, 7) is 1.50. The van der Waals surface area contributed by atoms with Gasteiger partial charge in [0.2, 0.25) is 0 Å². The van der Waals surface area contributed by atoms with Crippen molar-refractivity contribution in [3.63, 3.8) is 0 Å². The summed E-state index contributed by atoms with van der Waals surface area (Å²) in [4.78, 5) is 13.9. The molecule has 1 aromatic rings. The topological polar surface area (TPSA) is 32.3 Å². The van der Waals surface area contributed by atoms with Gasteiger partial charge in [0.1, 0.15) is 0 Å². The number of rotatable bonds is 4. The molecule has 88 valence electrons. The molecule has 3 nitrogen and oxygen atoms in total. The molecule has 5 heteroatoms. The molecule has 0 aliphatic heterocycles. The van der Waals surface area contributed by atoms with Gasteiger partial charge in [0.25, 0.3) is 5.91 Å². The first-order valence-electron chi connectivity index (χ1n) is 4.89. The van der Waals surface area contributed by atoms with E-state index in [-0.39, 0.29) is 5.91 Å². The summed E-state index contributed by atoms with van der Waals surface area (Å²) < 4.78 is 1.90. The van der Waals surface area contributed by atoms with Gasteiger partial charge in [-0.3, -0.25) is 4.79 Å². The maximum Gasteiger partial charge on any atom is 0.252 e. The average Bonchev–Trinajstić information content (AvgIpc) is 2.21. The lowest BCUT2D eigenvalue weighted by atomic mass is 10.2. The number of halogens is 2. The van der Waals surface area contributed by atoms with Gasteiger partial charge in [0.05, 0.1) is 5.56 Å². The van der Waals surface area contributed by atoms with Gasteiger partial charge in [-0.25, -0.2) is 0 Å². The molecule has 1 aromatic carbocycles. The molecule has 0 fully saturated rings. The van der Waals surface area contributed by atoms with E-state index in [0.717, 1.165) is 14.6 Å². The maximum atomic E-state index is 11.8. The third kappa shape index (κ3) is 4.03. The minimum absolute atomic E-state index is 0.0208. The van der Waals surface area contributed by atoms with Crippen LogP contribution in [0.1, 0.15) is 10.4 Å². The summed E-state index contributed by atoms with van der Waals surface area (Å²) in [6.07, 6.45) is 0. The van der Waals surface area contributed by atoms with E-state index in [2.05, 4.69) is 43.8 Å². The lowest BCUT2D eigenvalue weighted by Crippen LogP contribution is -2.31. The number of amides is 1. The van der Waals surface area contributed by atoms with Gasteiger partial charge in [-0.1, -0.05) is 6.07 Å². The Bertz CT molecular complexity index is 382. The van der Waals surface area contributed by atoms with Gasteiger partial charge in [-0.15, -0.1) is 0 Å². The highest BCUT2D eigenvalue weighted by Crippen LogP contribution is 2.22. The fourth-order valence-electron chi connectivity index (χ4n) is 1.17. The molecule has 0 aliphatic carbocycles. The number of benzene rings is 1. The minimum Gasteiger partial charge on any atom is -0.351 e.